The summed E-state index contributed by atoms with van der Waals surface area (Å²) in [5.74, 6) is -0.155. The third kappa shape index (κ3) is 3.47. The molecule has 0 bridgehead atoms. The number of para-hydroxylation sites is 1. The van der Waals surface area contributed by atoms with Crippen molar-refractivity contribution in [2.75, 3.05) is 26.2 Å². The normalized spacial score (nSPS) is 14.7. The third-order valence-electron chi connectivity index (χ3n) is 6.49. The fraction of sp³-hybridized carbons (Fsp3) is 0.280. The lowest BCUT2D eigenvalue weighted by atomic mass is 9.83. The van der Waals surface area contributed by atoms with Crippen LogP contribution in [0.3, 0.4) is 0 Å². The number of carbonyl (C=O) groups is 2. The van der Waals surface area contributed by atoms with Crippen molar-refractivity contribution >= 4 is 28.4 Å². The molecule has 2 amide bonds. The number of H-pyrrole nitrogens is 1. The molecule has 0 saturated carbocycles. The number of rotatable bonds is 3. The molecule has 5 rings (SSSR count). The van der Waals surface area contributed by atoms with Gasteiger partial charge in [0.15, 0.2) is 0 Å². The Morgan fingerprint density at radius 1 is 0.909 bits per heavy atom. The van der Waals surface area contributed by atoms with Crippen LogP contribution in [0.5, 0.6) is 0 Å². The zero-order chi connectivity index (χ0) is 23.2. The number of aromatic nitrogens is 3. The van der Waals surface area contributed by atoms with E-state index in [1.54, 1.807) is 27.6 Å². The van der Waals surface area contributed by atoms with Crippen molar-refractivity contribution in [3.05, 3.63) is 82.3 Å². The number of fused-ring (bicyclic) bond motifs is 3. The van der Waals surface area contributed by atoms with Crippen LogP contribution in [0.25, 0.3) is 16.6 Å². The third-order valence-corrected chi connectivity index (χ3v) is 6.49. The molecule has 0 spiro atoms. The Morgan fingerprint density at radius 3 is 2.27 bits per heavy atom. The lowest BCUT2D eigenvalue weighted by Gasteiger charge is -2.38. The highest BCUT2D eigenvalue weighted by Gasteiger charge is 2.36. The smallest absolute Gasteiger partial charge is 0.259 e. The summed E-state index contributed by atoms with van der Waals surface area (Å²) in [6.45, 7) is 5.62. The quantitative estimate of drug-likeness (QED) is 0.527. The molecule has 0 radical (unpaired) electrons. The first kappa shape index (κ1) is 20.9. The fourth-order valence-corrected chi connectivity index (χ4v) is 4.49. The minimum atomic E-state index is -0.642. The van der Waals surface area contributed by atoms with Gasteiger partial charge in [0.1, 0.15) is 11.2 Å². The average molecular weight is 444 g/mol. The minimum absolute atomic E-state index is 0.0487. The topological polar surface area (TPSA) is 90.8 Å². The molecular weight excluding hydrogens is 418 g/mol. The molecule has 1 aliphatic rings. The Kier molecular flexibility index (Phi) is 5.00. The second-order valence-electron chi connectivity index (χ2n) is 8.87. The van der Waals surface area contributed by atoms with Crippen molar-refractivity contribution in [3.8, 4) is 0 Å². The molecule has 0 aliphatic carbocycles. The molecule has 1 aliphatic heterocycles. The maximum atomic E-state index is 13.3. The number of amides is 2. The van der Waals surface area contributed by atoms with E-state index in [2.05, 4.69) is 10.1 Å². The number of benzene rings is 2. The summed E-state index contributed by atoms with van der Waals surface area (Å²) >= 11 is 0. The summed E-state index contributed by atoms with van der Waals surface area (Å²) < 4.78 is 1.59. The van der Waals surface area contributed by atoms with Crippen LogP contribution < -0.4 is 5.56 Å². The minimum Gasteiger partial charge on any atom is -0.338 e. The van der Waals surface area contributed by atoms with Gasteiger partial charge in [-0.3, -0.25) is 14.4 Å². The Labute approximate surface area is 190 Å². The van der Waals surface area contributed by atoms with E-state index in [-0.39, 0.29) is 17.4 Å². The van der Waals surface area contributed by atoms with Crippen LogP contribution in [-0.4, -0.2) is 62.4 Å². The molecule has 0 atom stereocenters. The van der Waals surface area contributed by atoms with E-state index in [1.807, 2.05) is 55.1 Å². The number of hydrogen-bond donors (Lipinski definition) is 1. The van der Waals surface area contributed by atoms with Crippen LogP contribution in [-0.2, 0) is 10.2 Å². The summed E-state index contributed by atoms with van der Waals surface area (Å²) in [5.41, 5.74) is 1.45. The van der Waals surface area contributed by atoms with E-state index in [4.69, 9.17) is 0 Å². The number of aromatic amines is 1. The van der Waals surface area contributed by atoms with Crippen molar-refractivity contribution in [1.82, 2.24) is 24.4 Å². The molecule has 2 aromatic heterocycles. The van der Waals surface area contributed by atoms with E-state index in [9.17, 15) is 14.4 Å². The molecule has 3 heterocycles. The van der Waals surface area contributed by atoms with Gasteiger partial charge in [-0.2, -0.15) is 5.10 Å². The molecule has 1 fully saturated rings. The Morgan fingerprint density at radius 2 is 1.55 bits per heavy atom. The van der Waals surface area contributed by atoms with Gasteiger partial charge in [-0.1, -0.05) is 42.5 Å². The zero-order valence-electron chi connectivity index (χ0n) is 18.6. The summed E-state index contributed by atoms with van der Waals surface area (Å²) in [6, 6.07) is 16.9. The summed E-state index contributed by atoms with van der Waals surface area (Å²) in [6.07, 6.45) is 1.50. The van der Waals surface area contributed by atoms with Crippen molar-refractivity contribution in [2.24, 2.45) is 0 Å². The molecule has 8 heteroatoms. The highest BCUT2D eigenvalue weighted by atomic mass is 16.2. The number of hydrogen-bond acceptors (Lipinski definition) is 4. The zero-order valence-corrected chi connectivity index (χ0v) is 18.6. The van der Waals surface area contributed by atoms with Gasteiger partial charge >= 0.3 is 0 Å². The highest BCUT2D eigenvalue weighted by molar-refractivity contribution is 6.00. The molecule has 4 aromatic rings. The predicted octanol–water partition coefficient (Wildman–Crippen LogP) is 2.44. The number of nitrogens with zero attached hydrogens (tertiary/aromatic N) is 4. The first-order chi connectivity index (χ1) is 15.9. The van der Waals surface area contributed by atoms with Crippen LogP contribution in [0.2, 0.25) is 0 Å². The molecule has 33 heavy (non-hydrogen) atoms. The van der Waals surface area contributed by atoms with Crippen molar-refractivity contribution in [2.45, 2.75) is 19.3 Å². The maximum Gasteiger partial charge on any atom is 0.259 e. The van der Waals surface area contributed by atoms with Crippen molar-refractivity contribution in [1.29, 1.82) is 0 Å². The molecule has 1 N–H and O–H groups in total. The Bertz CT molecular complexity index is 1410. The van der Waals surface area contributed by atoms with E-state index in [0.717, 1.165) is 5.56 Å². The van der Waals surface area contributed by atoms with E-state index < -0.39 is 5.41 Å². The second kappa shape index (κ2) is 7.88. The molecule has 1 saturated heterocycles. The SMILES string of the molecule is CC(C)(C(=O)N1CCN(C(=O)c2cnn3c2[nH]c(=O)c2ccccc23)CC1)c1ccccc1. The molecular formula is C25H25N5O3. The lowest BCUT2D eigenvalue weighted by molar-refractivity contribution is -0.137. The number of carbonyl (C=O) groups excluding carboxylic acids is 2. The summed E-state index contributed by atoms with van der Waals surface area (Å²) in [5, 5.41) is 4.86. The standard InChI is InChI=1S/C25H25N5O3/c1-25(2,17-8-4-3-5-9-17)24(33)29-14-12-28(13-15-29)23(32)19-16-26-30-20-11-7-6-10-18(20)22(31)27-21(19)30/h3-11,16H,12-15H2,1-2H3,(H,27,31). The van der Waals surface area contributed by atoms with Crippen molar-refractivity contribution < 1.29 is 9.59 Å². The largest absolute Gasteiger partial charge is 0.338 e. The molecule has 8 nitrogen and oxygen atoms in total. The second-order valence-corrected chi connectivity index (χ2v) is 8.87. The molecule has 168 valence electrons. The van der Waals surface area contributed by atoms with Gasteiger partial charge in [0.2, 0.25) is 5.91 Å². The van der Waals surface area contributed by atoms with Crippen LogP contribution >= 0.6 is 0 Å². The van der Waals surface area contributed by atoms with Gasteiger partial charge in [0, 0.05) is 26.2 Å². The van der Waals surface area contributed by atoms with Gasteiger partial charge in [-0.15, -0.1) is 0 Å². The first-order valence-corrected chi connectivity index (χ1v) is 11.0. The van der Waals surface area contributed by atoms with Crippen LogP contribution in [0.1, 0.15) is 29.8 Å². The fourth-order valence-electron chi connectivity index (χ4n) is 4.49. The molecule has 0 unspecified atom stereocenters. The first-order valence-electron chi connectivity index (χ1n) is 11.0. The van der Waals surface area contributed by atoms with Gasteiger partial charge in [0.25, 0.3) is 11.5 Å². The van der Waals surface area contributed by atoms with Gasteiger partial charge < -0.3 is 14.8 Å². The summed E-state index contributed by atoms with van der Waals surface area (Å²) in [7, 11) is 0. The van der Waals surface area contributed by atoms with Gasteiger partial charge in [-0.25, -0.2) is 4.52 Å². The van der Waals surface area contributed by atoms with Gasteiger partial charge in [0.05, 0.1) is 22.5 Å². The number of nitrogens with one attached hydrogen (secondary N) is 1. The van der Waals surface area contributed by atoms with Crippen LogP contribution in [0.4, 0.5) is 0 Å². The monoisotopic (exact) mass is 443 g/mol. The van der Waals surface area contributed by atoms with Crippen LogP contribution in [0, 0.1) is 0 Å². The Hall–Kier alpha value is -3.94. The molecule has 2 aromatic carbocycles. The predicted molar refractivity (Wildman–Crippen MR) is 125 cm³/mol. The van der Waals surface area contributed by atoms with Crippen molar-refractivity contribution in [3.63, 3.8) is 0 Å². The average Bonchev–Trinajstić information content (AvgIpc) is 3.28. The lowest BCUT2D eigenvalue weighted by Crippen LogP contribution is -2.54. The van der Waals surface area contributed by atoms with E-state index in [1.165, 1.54) is 6.20 Å². The van der Waals surface area contributed by atoms with Crippen LogP contribution in [0.15, 0.2) is 65.6 Å². The Balaban J connectivity index is 1.35. The van der Waals surface area contributed by atoms with E-state index in [0.29, 0.717) is 48.3 Å². The van der Waals surface area contributed by atoms with Gasteiger partial charge in [-0.05, 0) is 31.5 Å². The summed E-state index contributed by atoms with van der Waals surface area (Å²) in [4.78, 5) is 45.3. The maximum absolute atomic E-state index is 13.3. The highest BCUT2D eigenvalue weighted by Crippen LogP contribution is 2.26. The number of piperazine rings is 1. The van der Waals surface area contributed by atoms with E-state index >= 15 is 0 Å².